The molecule has 1 saturated heterocycles. The molecule has 0 spiro atoms. The fourth-order valence-corrected chi connectivity index (χ4v) is 4.18. The predicted molar refractivity (Wildman–Crippen MR) is 131 cm³/mol. The molecule has 1 N–H and O–H groups in total. The first-order chi connectivity index (χ1) is 15.7. The van der Waals surface area contributed by atoms with Crippen molar-refractivity contribution in [3.63, 3.8) is 0 Å². The van der Waals surface area contributed by atoms with Gasteiger partial charge in [0.05, 0.1) is 17.1 Å². The monoisotopic (exact) mass is 419 g/mol. The summed E-state index contributed by atoms with van der Waals surface area (Å²) in [6.07, 6.45) is 1.83. The van der Waals surface area contributed by atoms with Crippen molar-refractivity contribution in [3.05, 3.63) is 84.6 Å². The van der Waals surface area contributed by atoms with Gasteiger partial charge in [0.2, 0.25) is 0 Å². The van der Waals surface area contributed by atoms with Gasteiger partial charge in [-0.05, 0) is 72.8 Å². The van der Waals surface area contributed by atoms with Crippen molar-refractivity contribution in [1.29, 1.82) is 5.26 Å². The Morgan fingerprint density at radius 2 is 1.66 bits per heavy atom. The summed E-state index contributed by atoms with van der Waals surface area (Å²) in [5, 5.41) is 13.8. The summed E-state index contributed by atoms with van der Waals surface area (Å²) in [4.78, 5) is 9.34. The average Bonchev–Trinajstić information content (AvgIpc) is 2.85. The van der Waals surface area contributed by atoms with Crippen molar-refractivity contribution in [1.82, 2.24) is 9.88 Å². The summed E-state index contributed by atoms with van der Waals surface area (Å²) in [7, 11) is 2.18. The zero-order valence-corrected chi connectivity index (χ0v) is 18.1. The summed E-state index contributed by atoms with van der Waals surface area (Å²) in [6, 6.07) is 26.8. The number of nitriles is 1. The predicted octanol–water partition coefficient (Wildman–Crippen LogP) is 5.27. The molecular weight excluding hydrogens is 394 g/mol. The molecule has 2 heterocycles. The molecule has 5 heteroatoms. The van der Waals surface area contributed by atoms with Crippen LogP contribution in [-0.2, 0) is 0 Å². The van der Waals surface area contributed by atoms with E-state index in [9.17, 15) is 5.26 Å². The number of fused-ring (bicyclic) bond motifs is 1. The molecule has 0 atom stereocenters. The number of benzene rings is 3. The van der Waals surface area contributed by atoms with Gasteiger partial charge in [-0.25, -0.2) is 0 Å². The minimum Gasteiger partial charge on any atom is -0.369 e. The fourth-order valence-electron chi connectivity index (χ4n) is 4.18. The zero-order chi connectivity index (χ0) is 21.9. The molecule has 0 aliphatic carbocycles. The highest BCUT2D eigenvalue weighted by atomic mass is 15.2. The van der Waals surface area contributed by atoms with Crippen LogP contribution >= 0.6 is 0 Å². The molecule has 3 aromatic carbocycles. The summed E-state index contributed by atoms with van der Waals surface area (Å²) in [5.74, 6) is 0. The van der Waals surface area contributed by atoms with Gasteiger partial charge in [-0.15, -0.1) is 0 Å². The van der Waals surface area contributed by atoms with Crippen LogP contribution in [0.5, 0.6) is 0 Å². The Kier molecular flexibility index (Phi) is 5.45. The Morgan fingerprint density at radius 3 is 2.44 bits per heavy atom. The third-order valence-electron chi connectivity index (χ3n) is 6.08. The lowest BCUT2D eigenvalue weighted by atomic mass is 10.0. The third-order valence-corrected chi connectivity index (χ3v) is 6.08. The second-order valence-electron chi connectivity index (χ2n) is 8.25. The van der Waals surface area contributed by atoms with Crippen LogP contribution < -0.4 is 10.2 Å². The number of nitrogens with zero attached hydrogens (tertiary/aromatic N) is 4. The number of pyridine rings is 1. The van der Waals surface area contributed by atoms with E-state index in [1.165, 1.54) is 5.69 Å². The molecule has 5 rings (SSSR count). The largest absolute Gasteiger partial charge is 0.369 e. The second kappa shape index (κ2) is 8.70. The van der Waals surface area contributed by atoms with Crippen molar-refractivity contribution in [3.8, 4) is 17.2 Å². The average molecular weight is 420 g/mol. The SMILES string of the molecule is CN1CCN(c2ccc(Nc3ccnc4ccc(-c5cccc(C#N)c5)cc34)cc2)CC1. The Morgan fingerprint density at radius 1 is 0.875 bits per heavy atom. The van der Waals surface area contributed by atoms with E-state index < -0.39 is 0 Å². The lowest BCUT2D eigenvalue weighted by Gasteiger charge is -2.34. The minimum atomic E-state index is 0.660. The molecule has 0 radical (unpaired) electrons. The number of nitrogens with one attached hydrogen (secondary N) is 1. The summed E-state index contributed by atoms with van der Waals surface area (Å²) in [5.41, 5.74) is 7.01. The molecule has 1 aromatic heterocycles. The standard InChI is InChI=1S/C27H25N5/c1-31-13-15-32(16-14-31)24-8-6-23(7-9-24)30-27-11-12-29-26-10-5-22(18-25(26)27)21-4-2-3-20(17-21)19-28/h2-12,17-18H,13-16H2,1H3,(H,29,30). The van der Waals surface area contributed by atoms with Crippen molar-refractivity contribution in [2.75, 3.05) is 43.4 Å². The van der Waals surface area contributed by atoms with E-state index in [4.69, 9.17) is 0 Å². The van der Waals surface area contributed by atoms with E-state index in [1.54, 1.807) is 0 Å². The maximum Gasteiger partial charge on any atom is 0.0991 e. The molecule has 1 aliphatic rings. The lowest BCUT2D eigenvalue weighted by molar-refractivity contribution is 0.313. The van der Waals surface area contributed by atoms with Gasteiger partial charge in [0.1, 0.15) is 0 Å². The number of aromatic nitrogens is 1. The molecule has 0 saturated carbocycles. The van der Waals surface area contributed by atoms with Crippen LogP contribution in [0.25, 0.3) is 22.0 Å². The zero-order valence-electron chi connectivity index (χ0n) is 18.1. The highest BCUT2D eigenvalue weighted by molar-refractivity contribution is 5.95. The summed E-state index contributed by atoms with van der Waals surface area (Å²) in [6.45, 7) is 4.33. The van der Waals surface area contributed by atoms with Gasteiger partial charge in [-0.2, -0.15) is 5.26 Å². The maximum atomic E-state index is 9.23. The van der Waals surface area contributed by atoms with Crippen molar-refractivity contribution in [2.45, 2.75) is 0 Å². The number of anilines is 3. The normalized spacial score (nSPS) is 14.3. The Bertz CT molecular complexity index is 1280. The van der Waals surface area contributed by atoms with Crippen LogP contribution in [0.2, 0.25) is 0 Å². The van der Waals surface area contributed by atoms with Gasteiger partial charge in [0.25, 0.3) is 0 Å². The van der Waals surface area contributed by atoms with E-state index in [-0.39, 0.29) is 0 Å². The number of piperazine rings is 1. The summed E-state index contributed by atoms with van der Waals surface area (Å²) < 4.78 is 0. The molecule has 5 nitrogen and oxygen atoms in total. The van der Waals surface area contributed by atoms with Crippen molar-refractivity contribution < 1.29 is 0 Å². The molecule has 32 heavy (non-hydrogen) atoms. The molecule has 0 unspecified atom stereocenters. The van der Waals surface area contributed by atoms with Crippen LogP contribution in [-0.4, -0.2) is 43.1 Å². The van der Waals surface area contributed by atoms with E-state index in [0.29, 0.717) is 5.56 Å². The highest BCUT2D eigenvalue weighted by Crippen LogP contribution is 2.31. The third kappa shape index (κ3) is 4.14. The van der Waals surface area contributed by atoms with Gasteiger partial charge in [-0.1, -0.05) is 18.2 Å². The van der Waals surface area contributed by atoms with Gasteiger partial charge in [0, 0.05) is 54.8 Å². The molecule has 1 aliphatic heterocycles. The molecular formula is C27H25N5. The molecule has 0 bridgehead atoms. The first kappa shape index (κ1) is 20.0. The van der Waals surface area contributed by atoms with Crippen molar-refractivity contribution >= 4 is 28.0 Å². The number of hydrogen-bond acceptors (Lipinski definition) is 5. The van der Waals surface area contributed by atoms with E-state index in [2.05, 4.69) is 69.6 Å². The Labute approximate surface area is 188 Å². The maximum absolute atomic E-state index is 9.23. The van der Waals surface area contributed by atoms with Crippen LogP contribution in [0.4, 0.5) is 17.1 Å². The molecule has 4 aromatic rings. The quantitative estimate of drug-likeness (QED) is 0.488. The van der Waals surface area contributed by atoms with Crippen molar-refractivity contribution in [2.24, 2.45) is 0 Å². The topological polar surface area (TPSA) is 55.2 Å². The van der Waals surface area contributed by atoms with Gasteiger partial charge in [-0.3, -0.25) is 4.98 Å². The minimum absolute atomic E-state index is 0.660. The number of likely N-dealkylation sites (N-methyl/N-ethyl adjacent to an activating group) is 1. The van der Waals surface area contributed by atoms with E-state index >= 15 is 0 Å². The number of rotatable bonds is 4. The Balaban J connectivity index is 1.42. The van der Waals surface area contributed by atoms with Crippen LogP contribution in [0.3, 0.4) is 0 Å². The molecule has 158 valence electrons. The van der Waals surface area contributed by atoms with Gasteiger partial charge >= 0.3 is 0 Å². The van der Waals surface area contributed by atoms with E-state index in [0.717, 1.165) is 59.6 Å². The first-order valence-corrected chi connectivity index (χ1v) is 10.9. The van der Waals surface area contributed by atoms with Crippen LogP contribution in [0.1, 0.15) is 5.56 Å². The smallest absolute Gasteiger partial charge is 0.0991 e. The second-order valence-corrected chi connectivity index (χ2v) is 8.25. The Hall–Kier alpha value is -3.88. The molecule has 1 fully saturated rings. The van der Waals surface area contributed by atoms with Gasteiger partial charge < -0.3 is 15.1 Å². The molecule has 0 amide bonds. The van der Waals surface area contributed by atoms with Gasteiger partial charge in [0.15, 0.2) is 0 Å². The fraction of sp³-hybridized carbons (Fsp3) is 0.185. The highest BCUT2D eigenvalue weighted by Gasteiger charge is 2.14. The number of hydrogen-bond donors (Lipinski definition) is 1. The van der Waals surface area contributed by atoms with Crippen LogP contribution in [0.15, 0.2) is 79.0 Å². The van der Waals surface area contributed by atoms with E-state index in [1.807, 2.05) is 42.6 Å². The lowest BCUT2D eigenvalue weighted by Crippen LogP contribution is -2.44. The van der Waals surface area contributed by atoms with Crippen LogP contribution in [0, 0.1) is 11.3 Å². The summed E-state index contributed by atoms with van der Waals surface area (Å²) >= 11 is 0. The first-order valence-electron chi connectivity index (χ1n) is 10.9.